The average molecular weight is 268 g/mol. The minimum Gasteiger partial charge on any atom is -0.287 e. The van der Waals surface area contributed by atoms with Crippen LogP contribution in [0.15, 0.2) is 36.4 Å². The van der Waals surface area contributed by atoms with Gasteiger partial charge in [-0.1, -0.05) is 24.3 Å². The molecule has 2 aromatic carbocycles. The molecule has 0 saturated carbocycles. The molecule has 1 heterocycles. The molecule has 0 aliphatic heterocycles. The molecule has 0 unspecified atom stereocenters. The van der Waals surface area contributed by atoms with Gasteiger partial charge in [0.25, 0.3) is 0 Å². The highest BCUT2D eigenvalue weighted by molar-refractivity contribution is 6.20. The highest BCUT2D eigenvalue weighted by Gasteiger charge is 2.29. The summed E-state index contributed by atoms with van der Waals surface area (Å²) in [7, 11) is 0. The summed E-state index contributed by atoms with van der Waals surface area (Å²) in [5, 5.41) is 0. The molecular weight excluding hydrogens is 262 g/mol. The number of hydrogen-bond acceptors (Lipinski definition) is 3. The molecule has 5 heteroatoms. The topological polar surface area (TPSA) is 42.9 Å². The lowest BCUT2D eigenvalue weighted by molar-refractivity contribution is 0.103. The Kier molecular flexibility index (Phi) is 2.04. The minimum absolute atomic E-state index is 0.170. The Bertz CT molecular complexity index is 906. The van der Waals surface area contributed by atoms with Crippen LogP contribution in [0.4, 0.5) is 8.78 Å². The fourth-order valence-corrected chi connectivity index (χ4v) is 2.41. The highest BCUT2D eigenvalue weighted by atomic mass is 19.2. The van der Waals surface area contributed by atoms with Crippen LogP contribution in [0.5, 0.6) is 0 Å². The molecule has 0 atom stereocenters. The SMILES string of the molecule is O=C1c2ccccc2-c2nc3cc(F)c(F)cc3nc21. The molecular formula is C15H6F2N2O. The highest BCUT2D eigenvalue weighted by Crippen LogP contribution is 2.35. The van der Waals surface area contributed by atoms with Crippen LogP contribution in [0.25, 0.3) is 22.3 Å². The number of rotatable bonds is 0. The second-order valence-corrected chi connectivity index (χ2v) is 4.55. The summed E-state index contributed by atoms with van der Waals surface area (Å²) >= 11 is 0. The van der Waals surface area contributed by atoms with Crippen LogP contribution < -0.4 is 0 Å². The number of aromatic nitrogens is 2. The van der Waals surface area contributed by atoms with Gasteiger partial charge in [0.1, 0.15) is 11.4 Å². The van der Waals surface area contributed by atoms with Crippen LogP contribution in [-0.2, 0) is 0 Å². The quantitative estimate of drug-likeness (QED) is 0.492. The van der Waals surface area contributed by atoms with Gasteiger partial charge >= 0.3 is 0 Å². The maximum absolute atomic E-state index is 13.3. The summed E-state index contributed by atoms with van der Waals surface area (Å²) in [4.78, 5) is 20.6. The Morgan fingerprint density at radius 3 is 2.00 bits per heavy atom. The van der Waals surface area contributed by atoms with E-state index in [1.807, 2.05) is 0 Å². The summed E-state index contributed by atoms with van der Waals surface area (Å²) in [5.41, 5.74) is 2.19. The van der Waals surface area contributed by atoms with Crippen LogP contribution in [0.3, 0.4) is 0 Å². The van der Waals surface area contributed by atoms with Crippen LogP contribution in [0, 0.1) is 11.6 Å². The lowest BCUT2D eigenvalue weighted by atomic mass is 10.1. The predicted molar refractivity (Wildman–Crippen MR) is 68.3 cm³/mol. The second-order valence-electron chi connectivity index (χ2n) is 4.55. The van der Waals surface area contributed by atoms with Gasteiger partial charge in [0.05, 0.1) is 11.0 Å². The maximum Gasteiger partial charge on any atom is 0.214 e. The Balaban J connectivity index is 2.10. The van der Waals surface area contributed by atoms with E-state index in [4.69, 9.17) is 0 Å². The van der Waals surface area contributed by atoms with Crippen LogP contribution in [-0.4, -0.2) is 15.8 Å². The molecule has 0 saturated heterocycles. The van der Waals surface area contributed by atoms with Crippen LogP contribution >= 0.6 is 0 Å². The van der Waals surface area contributed by atoms with E-state index in [1.54, 1.807) is 24.3 Å². The molecule has 3 aromatic rings. The van der Waals surface area contributed by atoms with Crippen molar-refractivity contribution >= 4 is 16.8 Å². The Hall–Kier alpha value is -2.69. The van der Waals surface area contributed by atoms with Crippen molar-refractivity contribution in [1.82, 2.24) is 9.97 Å². The summed E-state index contributed by atoms with van der Waals surface area (Å²) in [6.07, 6.45) is 0. The van der Waals surface area contributed by atoms with Crippen molar-refractivity contribution in [3.63, 3.8) is 0 Å². The van der Waals surface area contributed by atoms with Crippen molar-refractivity contribution in [2.45, 2.75) is 0 Å². The van der Waals surface area contributed by atoms with Crippen LogP contribution in [0.1, 0.15) is 16.1 Å². The molecule has 96 valence electrons. The molecule has 3 nitrogen and oxygen atoms in total. The van der Waals surface area contributed by atoms with Crippen molar-refractivity contribution in [3.8, 4) is 11.3 Å². The predicted octanol–water partition coefficient (Wildman–Crippen LogP) is 3.12. The van der Waals surface area contributed by atoms with E-state index in [0.717, 1.165) is 12.1 Å². The molecule has 0 amide bonds. The number of hydrogen-bond donors (Lipinski definition) is 0. The first-order valence-corrected chi connectivity index (χ1v) is 5.96. The molecule has 4 rings (SSSR count). The number of ketones is 1. The number of carbonyl (C=O) groups excluding carboxylic acids is 1. The Morgan fingerprint density at radius 1 is 0.800 bits per heavy atom. The van der Waals surface area contributed by atoms with E-state index in [1.165, 1.54) is 0 Å². The largest absolute Gasteiger partial charge is 0.287 e. The van der Waals surface area contributed by atoms with Crippen molar-refractivity contribution in [3.05, 3.63) is 59.3 Å². The normalized spacial score (nSPS) is 12.6. The number of carbonyl (C=O) groups is 1. The Morgan fingerprint density at radius 2 is 1.35 bits per heavy atom. The third-order valence-electron chi connectivity index (χ3n) is 3.35. The van der Waals surface area contributed by atoms with Gasteiger partial charge in [-0.25, -0.2) is 18.7 Å². The van der Waals surface area contributed by atoms with E-state index in [2.05, 4.69) is 9.97 Å². The lowest BCUT2D eigenvalue weighted by Crippen LogP contribution is -2.00. The summed E-state index contributed by atoms with van der Waals surface area (Å²) in [6, 6.07) is 8.93. The average Bonchev–Trinajstić information content (AvgIpc) is 2.72. The number of fused-ring (bicyclic) bond motifs is 4. The summed E-state index contributed by atoms with van der Waals surface area (Å²) in [5.74, 6) is -2.23. The van der Waals surface area contributed by atoms with Gasteiger partial charge in [0, 0.05) is 23.3 Å². The van der Waals surface area contributed by atoms with Gasteiger partial charge in [-0.15, -0.1) is 0 Å². The van der Waals surface area contributed by atoms with Crippen molar-refractivity contribution < 1.29 is 13.6 Å². The van der Waals surface area contributed by atoms with Crippen LogP contribution in [0.2, 0.25) is 0 Å². The fraction of sp³-hybridized carbons (Fsp3) is 0. The molecule has 0 bridgehead atoms. The van der Waals surface area contributed by atoms with E-state index in [0.29, 0.717) is 16.8 Å². The molecule has 1 aromatic heterocycles. The van der Waals surface area contributed by atoms with Gasteiger partial charge in [-0.3, -0.25) is 4.79 Å². The van der Waals surface area contributed by atoms with E-state index in [9.17, 15) is 13.6 Å². The second kappa shape index (κ2) is 3.66. The Labute approximate surface area is 111 Å². The zero-order valence-electron chi connectivity index (χ0n) is 10.0. The number of halogens is 2. The summed E-state index contributed by atoms with van der Waals surface area (Å²) in [6.45, 7) is 0. The van der Waals surface area contributed by atoms with Gasteiger partial charge in [-0.05, 0) is 0 Å². The zero-order valence-corrected chi connectivity index (χ0v) is 10.0. The molecule has 0 fully saturated rings. The molecule has 1 aliphatic rings. The number of nitrogens with zero attached hydrogens (tertiary/aromatic N) is 2. The molecule has 0 N–H and O–H groups in total. The maximum atomic E-state index is 13.3. The van der Waals surface area contributed by atoms with Crippen molar-refractivity contribution in [2.24, 2.45) is 0 Å². The van der Waals surface area contributed by atoms with E-state index < -0.39 is 11.6 Å². The van der Waals surface area contributed by atoms with E-state index in [-0.39, 0.29) is 22.5 Å². The number of benzene rings is 2. The van der Waals surface area contributed by atoms with Gasteiger partial charge in [-0.2, -0.15) is 0 Å². The molecule has 20 heavy (non-hydrogen) atoms. The first kappa shape index (κ1) is 11.2. The third-order valence-corrected chi connectivity index (χ3v) is 3.35. The van der Waals surface area contributed by atoms with Crippen molar-refractivity contribution in [1.29, 1.82) is 0 Å². The first-order chi connectivity index (χ1) is 9.65. The summed E-state index contributed by atoms with van der Waals surface area (Å²) < 4.78 is 26.5. The first-order valence-electron chi connectivity index (χ1n) is 5.96. The third kappa shape index (κ3) is 1.34. The fourth-order valence-electron chi connectivity index (χ4n) is 2.41. The van der Waals surface area contributed by atoms with E-state index >= 15 is 0 Å². The monoisotopic (exact) mass is 268 g/mol. The van der Waals surface area contributed by atoms with Gasteiger partial charge in [0.15, 0.2) is 11.6 Å². The molecule has 1 aliphatic carbocycles. The van der Waals surface area contributed by atoms with Crippen molar-refractivity contribution in [2.75, 3.05) is 0 Å². The lowest BCUT2D eigenvalue weighted by Gasteiger charge is -2.02. The molecule has 0 spiro atoms. The van der Waals surface area contributed by atoms with Gasteiger partial charge < -0.3 is 0 Å². The standard InChI is InChI=1S/C15H6F2N2O/c16-9-5-11-12(6-10(9)17)19-14-13(18-11)7-3-1-2-4-8(7)15(14)20/h1-6H. The zero-order chi connectivity index (χ0) is 13.9. The smallest absolute Gasteiger partial charge is 0.214 e. The minimum atomic E-state index is -1.00. The van der Waals surface area contributed by atoms with Gasteiger partial charge in [0.2, 0.25) is 5.78 Å². The molecule has 0 radical (unpaired) electrons.